The Balaban J connectivity index is 1.87. The lowest BCUT2D eigenvalue weighted by atomic mass is 9.99. The molecule has 0 saturated carbocycles. The molecule has 106 valence electrons. The van der Waals surface area contributed by atoms with E-state index >= 15 is 0 Å². The molecule has 0 amide bonds. The van der Waals surface area contributed by atoms with Crippen molar-refractivity contribution in [2.24, 2.45) is 5.73 Å². The fourth-order valence-electron chi connectivity index (χ4n) is 3.21. The summed E-state index contributed by atoms with van der Waals surface area (Å²) in [4.78, 5) is 2.53. The summed E-state index contributed by atoms with van der Waals surface area (Å²) in [5, 5.41) is 0. The number of nitrogens with two attached hydrogens (primary N) is 1. The van der Waals surface area contributed by atoms with Crippen molar-refractivity contribution in [2.75, 3.05) is 6.54 Å². The Bertz CT molecular complexity index is 407. The largest absolute Gasteiger partial charge is 0.327 e. The summed E-state index contributed by atoms with van der Waals surface area (Å²) in [6, 6.07) is 8.11. The number of benzene rings is 1. The van der Waals surface area contributed by atoms with Crippen LogP contribution in [0.2, 0.25) is 0 Å². The zero-order chi connectivity index (χ0) is 13.8. The normalized spacial score (nSPS) is 23.5. The second kappa shape index (κ2) is 6.49. The van der Waals surface area contributed by atoms with Crippen LogP contribution in [0.4, 0.5) is 4.39 Å². The minimum atomic E-state index is -0.139. The maximum atomic E-state index is 13.6. The second-order valence-corrected chi connectivity index (χ2v) is 5.87. The fraction of sp³-hybridized carbons (Fsp3) is 0.625. The van der Waals surface area contributed by atoms with Crippen molar-refractivity contribution in [2.45, 2.75) is 57.7 Å². The van der Waals surface area contributed by atoms with Crippen molar-refractivity contribution in [3.63, 3.8) is 0 Å². The average Bonchev–Trinajstić information content (AvgIpc) is 2.78. The van der Waals surface area contributed by atoms with Gasteiger partial charge >= 0.3 is 0 Å². The van der Waals surface area contributed by atoms with Gasteiger partial charge in [-0.05, 0) is 57.7 Å². The Labute approximate surface area is 115 Å². The van der Waals surface area contributed by atoms with Crippen LogP contribution in [-0.4, -0.2) is 29.6 Å². The van der Waals surface area contributed by atoms with Gasteiger partial charge in [0, 0.05) is 18.1 Å². The molecule has 1 heterocycles. The number of hydrogen-bond acceptors (Lipinski definition) is 2. The molecular weight excluding hydrogens is 239 g/mol. The van der Waals surface area contributed by atoms with E-state index in [9.17, 15) is 4.39 Å². The molecule has 1 aromatic rings. The first-order valence-electron chi connectivity index (χ1n) is 7.32. The highest BCUT2D eigenvalue weighted by atomic mass is 19.1. The Morgan fingerprint density at radius 2 is 2.16 bits per heavy atom. The van der Waals surface area contributed by atoms with Crippen LogP contribution in [0.25, 0.3) is 0 Å². The van der Waals surface area contributed by atoms with Crippen molar-refractivity contribution in [3.05, 3.63) is 35.6 Å². The van der Waals surface area contributed by atoms with Gasteiger partial charge in [0.05, 0.1) is 0 Å². The molecule has 0 bridgehead atoms. The van der Waals surface area contributed by atoms with Crippen LogP contribution < -0.4 is 5.73 Å². The Morgan fingerprint density at radius 3 is 2.79 bits per heavy atom. The first-order chi connectivity index (χ1) is 9.08. The lowest BCUT2D eigenvalue weighted by Gasteiger charge is -2.30. The van der Waals surface area contributed by atoms with Crippen LogP contribution in [0.15, 0.2) is 24.3 Å². The zero-order valence-electron chi connectivity index (χ0n) is 12.0. The highest BCUT2D eigenvalue weighted by molar-refractivity contribution is 5.18. The van der Waals surface area contributed by atoms with Crippen molar-refractivity contribution in [1.29, 1.82) is 0 Å². The monoisotopic (exact) mass is 264 g/mol. The molecule has 2 N–H and O–H groups in total. The summed E-state index contributed by atoms with van der Waals surface area (Å²) < 4.78 is 13.6. The van der Waals surface area contributed by atoms with Crippen LogP contribution >= 0.6 is 0 Å². The van der Waals surface area contributed by atoms with E-state index in [0.717, 1.165) is 12.0 Å². The number of likely N-dealkylation sites (tertiary alicyclic amines) is 1. The van der Waals surface area contributed by atoms with Crippen molar-refractivity contribution < 1.29 is 4.39 Å². The molecule has 1 fully saturated rings. The van der Waals surface area contributed by atoms with Gasteiger partial charge in [-0.1, -0.05) is 18.2 Å². The zero-order valence-corrected chi connectivity index (χ0v) is 12.0. The smallest absolute Gasteiger partial charge is 0.126 e. The molecule has 3 atom stereocenters. The lowest BCUT2D eigenvalue weighted by molar-refractivity contribution is 0.186. The van der Waals surface area contributed by atoms with Gasteiger partial charge in [0.2, 0.25) is 0 Å². The number of halogens is 1. The predicted octanol–water partition coefficient (Wildman–Crippen LogP) is 2.96. The lowest BCUT2D eigenvalue weighted by Crippen LogP contribution is -2.40. The molecule has 2 rings (SSSR count). The summed E-state index contributed by atoms with van der Waals surface area (Å²) in [6.45, 7) is 5.70. The molecule has 1 aliphatic rings. The van der Waals surface area contributed by atoms with Crippen LogP contribution in [0.5, 0.6) is 0 Å². The Hall–Kier alpha value is -0.930. The summed E-state index contributed by atoms with van der Waals surface area (Å²) >= 11 is 0. The quantitative estimate of drug-likeness (QED) is 0.886. The van der Waals surface area contributed by atoms with Crippen molar-refractivity contribution in [3.8, 4) is 0 Å². The van der Waals surface area contributed by atoms with Crippen LogP contribution in [0.1, 0.15) is 38.7 Å². The molecule has 2 nitrogen and oxygen atoms in total. The van der Waals surface area contributed by atoms with E-state index in [2.05, 4.69) is 18.7 Å². The third-order valence-electron chi connectivity index (χ3n) is 4.25. The molecule has 2 unspecified atom stereocenters. The summed E-state index contributed by atoms with van der Waals surface area (Å²) in [5.74, 6) is -0.139. The van der Waals surface area contributed by atoms with Gasteiger partial charge in [0.15, 0.2) is 0 Å². The van der Waals surface area contributed by atoms with Gasteiger partial charge in [0.25, 0.3) is 0 Å². The molecule has 1 aliphatic heterocycles. The van der Waals surface area contributed by atoms with E-state index < -0.39 is 0 Å². The van der Waals surface area contributed by atoms with E-state index in [1.807, 2.05) is 12.1 Å². The number of rotatable bonds is 5. The molecular formula is C16H25FN2. The van der Waals surface area contributed by atoms with E-state index in [-0.39, 0.29) is 11.9 Å². The Morgan fingerprint density at radius 1 is 1.42 bits per heavy atom. The van der Waals surface area contributed by atoms with Crippen LogP contribution in [-0.2, 0) is 6.42 Å². The number of nitrogens with zero attached hydrogens (tertiary/aromatic N) is 1. The SMILES string of the molecule is CC(CC(N)Cc1ccccc1F)N1CCC[C@H]1C. The molecule has 0 aromatic heterocycles. The van der Waals surface area contributed by atoms with E-state index in [4.69, 9.17) is 5.73 Å². The van der Waals surface area contributed by atoms with Crippen molar-refractivity contribution >= 4 is 0 Å². The van der Waals surface area contributed by atoms with Gasteiger partial charge in [0.1, 0.15) is 5.82 Å². The Kier molecular flexibility index (Phi) is 4.94. The first-order valence-corrected chi connectivity index (χ1v) is 7.32. The summed E-state index contributed by atoms with van der Waals surface area (Å²) in [5.41, 5.74) is 6.93. The maximum absolute atomic E-state index is 13.6. The summed E-state index contributed by atoms with van der Waals surface area (Å²) in [7, 11) is 0. The van der Waals surface area contributed by atoms with Gasteiger partial charge in [-0.3, -0.25) is 4.90 Å². The molecule has 3 heteroatoms. The third kappa shape index (κ3) is 3.77. The molecule has 19 heavy (non-hydrogen) atoms. The number of hydrogen-bond donors (Lipinski definition) is 1. The minimum Gasteiger partial charge on any atom is -0.327 e. The second-order valence-electron chi connectivity index (χ2n) is 5.87. The van der Waals surface area contributed by atoms with E-state index in [0.29, 0.717) is 18.5 Å². The van der Waals surface area contributed by atoms with Crippen LogP contribution in [0.3, 0.4) is 0 Å². The maximum Gasteiger partial charge on any atom is 0.126 e. The van der Waals surface area contributed by atoms with E-state index in [1.54, 1.807) is 6.07 Å². The van der Waals surface area contributed by atoms with Gasteiger partial charge in [-0.25, -0.2) is 4.39 Å². The highest BCUT2D eigenvalue weighted by Crippen LogP contribution is 2.22. The molecule has 0 radical (unpaired) electrons. The molecule has 0 aliphatic carbocycles. The molecule has 1 saturated heterocycles. The van der Waals surface area contributed by atoms with Gasteiger partial charge in [-0.2, -0.15) is 0 Å². The molecule has 0 spiro atoms. The molecule has 1 aromatic carbocycles. The topological polar surface area (TPSA) is 29.3 Å². The summed E-state index contributed by atoms with van der Waals surface area (Å²) in [6.07, 6.45) is 4.12. The highest BCUT2D eigenvalue weighted by Gasteiger charge is 2.26. The fourth-order valence-corrected chi connectivity index (χ4v) is 3.21. The minimum absolute atomic E-state index is 0.0275. The first kappa shape index (κ1) is 14.5. The van der Waals surface area contributed by atoms with Gasteiger partial charge in [-0.15, -0.1) is 0 Å². The van der Waals surface area contributed by atoms with Crippen molar-refractivity contribution in [1.82, 2.24) is 4.90 Å². The predicted molar refractivity (Wildman–Crippen MR) is 77.6 cm³/mol. The van der Waals surface area contributed by atoms with E-state index in [1.165, 1.54) is 25.5 Å². The average molecular weight is 264 g/mol. The van der Waals surface area contributed by atoms with Gasteiger partial charge < -0.3 is 5.73 Å². The third-order valence-corrected chi connectivity index (χ3v) is 4.25. The standard InChI is InChI=1S/C16H25FN2/c1-12-6-5-9-19(12)13(2)10-15(18)11-14-7-3-4-8-16(14)17/h3-4,7-8,12-13,15H,5-6,9-11,18H2,1-2H3/t12-,13?,15?/m1/s1. The van der Waals surface area contributed by atoms with Crippen LogP contribution in [0, 0.1) is 5.82 Å².